The Hall–Kier alpha value is -2.61. The summed E-state index contributed by atoms with van der Waals surface area (Å²) in [6.07, 6.45) is 0.766. The van der Waals surface area contributed by atoms with Crippen molar-refractivity contribution in [3.63, 3.8) is 0 Å². The highest BCUT2D eigenvalue weighted by atomic mass is 35.5. The minimum atomic E-state index is -4.02. The lowest BCUT2D eigenvalue weighted by atomic mass is 10.1. The molecule has 198 valence electrons. The number of hydrogen-bond donors (Lipinski definition) is 0. The third-order valence-electron chi connectivity index (χ3n) is 5.92. The number of hydrogen-bond acceptors (Lipinski definition) is 9. The van der Waals surface area contributed by atoms with Gasteiger partial charge >= 0.3 is 12.7 Å². The Morgan fingerprint density at radius 1 is 1.17 bits per heavy atom. The normalized spacial score (nSPS) is 20.4. The number of ether oxygens (including phenoxy) is 2. The van der Waals surface area contributed by atoms with Crippen LogP contribution in [-0.2, 0) is 14.6 Å². The fraction of sp³-hybridized carbons (Fsp3) is 0.619. The summed E-state index contributed by atoms with van der Waals surface area (Å²) >= 11 is 5.79. The Kier molecular flexibility index (Phi) is 6.88. The van der Waals surface area contributed by atoms with Crippen LogP contribution < -0.4 is 9.64 Å². The van der Waals surface area contributed by atoms with Gasteiger partial charge in [0.1, 0.15) is 22.3 Å². The number of piperazine rings is 1. The molecule has 0 N–H and O–H groups in total. The molecule has 2 aromatic heterocycles. The Morgan fingerprint density at radius 2 is 1.78 bits per heavy atom. The molecule has 2 aliphatic rings. The molecule has 2 saturated heterocycles. The maximum Gasteiger partial charge on any atom is 0.410 e. The molecule has 0 aliphatic carbocycles. The number of halogens is 4. The zero-order chi connectivity index (χ0) is 26.6. The lowest BCUT2D eigenvalue weighted by molar-refractivity contribution is -0.0517. The van der Waals surface area contributed by atoms with Gasteiger partial charge in [-0.15, -0.1) is 0 Å². The molecule has 10 nitrogen and oxygen atoms in total. The van der Waals surface area contributed by atoms with Crippen LogP contribution in [0.15, 0.2) is 5.16 Å². The predicted molar refractivity (Wildman–Crippen MR) is 124 cm³/mol. The maximum atomic E-state index is 15.0. The van der Waals surface area contributed by atoms with Gasteiger partial charge < -0.3 is 14.4 Å². The molecule has 4 heterocycles. The van der Waals surface area contributed by atoms with E-state index in [0.717, 1.165) is 0 Å². The van der Waals surface area contributed by atoms with E-state index in [2.05, 4.69) is 19.7 Å². The summed E-state index contributed by atoms with van der Waals surface area (Å²) in [7, 11) is -4.02. The molecule has 4 rings (SSSR count). The van der Waals surface area contributed by atoms with Crippen LogP contribution in [0.25, 0.3) is 10.9 Å². The third-order valence-corrected chi connectivity index (χ3v) is 7.67. The largest absolute Gasteiger partial charge is 0.444 e. The fourth-order valence-electron chi connectivity index (χ4n) is 4.43. The molecular weight excluding hydrogens is 527 g/mol. The SMILES string of the molecule is CCS(=O)(=O)c1nc(N2CC3CCC(C2)N3C(=O)OC(C)(C)C)c2c(OC(F)F)nc(Cl)c(F)c2n1. The van der Waals surface area contributed by atoms with Gasteiger partial charge in [0.05, 0.1) is 17.8 Å². The molecule has 0 radical (unpaired) electrons. The second kappa shape index (κ2) is 9.36. The van der Waals surface area contributed by atoms with Crippen LogP contribution in [0.3, 0.4) is 0 Å². The zero-order valence-electron chi connectivity index (χ0n) is 20.0. The smallest absolute Gasteiger partial charge is 0.410 e. The van der Waals surface area contributed by atoms with E-state index in [1.54, 1.807) is 30.6 Å². The average Bonchev–Trinajstić information content (AvgIpc) is 3.04. The molecule has 1 amide bonds. The molecular formula is C21H25ClF3N5O5S. The Balaban J connectivity index is 1.85. The molecule has 2 fully saturated rings. The van der Waals surface area contributed by atoms with Crippen LogP contribution in [0.4, 0.5) is 23.8 Å². The number of amides is 1. The quantitative estimate of drug-likeness (QED) is 0.404. The first-order valence-electron chi connectivity index (χ1n) is 11.2. The van der Waals surface area contributed by atoms with E-state index in [-0.39, 0.29) is 42.1 Å². The number of nitrogens with zero attached hydrogens (tertiary/aromatic N) is 5. The van der Waals surface area contributed by atoms with E-state index in [9.17, 15) is 22.0 Å². The minimum absolute atomic E-state index is 0.147. The van der Waals surface area contributed by atoms with Crippen molar-refractivity contribution in [3.8, 4) is 5.88 Å². The number of anilines is 1. The summed E-state index contributed by atoms with van der Waals surface area (Å²) in [6.45, 7) is 3.62. The van der Waals surface area contributed by atoms with Crippen molar-refractivity contribution in [3.05, 3.63) is 11.0 Å². The summed E-state index contributed by atoms with van der Waals surface area (Å²) in [5.74, 6) is -2.45. The number of carbonyl (C=O) groups excluding carboxylic acids is 1. The second-order valence-corrected chi connectivity index (χ2v) is 12.1. The predicted octanol–water partition coefficient (Wildman–Crippen LogP) is 3.80. The number of sulfone groups is 1. The van der Waals surface area contributed by atoms with Crippen molar-refractivity contribution in [2.24, 2.45) is 0 Å². The van der Waals surface area contributed by atoms with Crippen LogP contribution >= 0.6 is 11.6 Å². The molecule has 2 aliphatic heterocycles. The first-order valence-corrected chi connectivity index (χ1v) is 13.3. The van der Waals surface area contributed by atoms with Crippen molar-refractivity contribution in [2.45, 2.75) is 70.0 Å². The Labute approximate surface area is 210 Å². The molecule has 0 saturated carbocycles. The van der Waals surface area contributed by atoms with E-state index in [4.69, 9.17) is 16.3 Å². The lowest BCUT2D eigenvalue weighted by Crippen LogP contribution is -2.57. The van der Waals surface area contributed by atoms with Gasteiger partial charge in [-0.1, -0.05) is 18.5 Å². The van der Waals surface area contributed by atoms with E-state index < -0.39 is 55.7 Å². The topological polar surface area (TPSA) is 115 Å². The van der Waals surface area contributed by atoms with Crippen molar-refractivity contribution < 1.29 is 35.9 Å². The molecule has 2 aromatic rings. The third kappa shape index (κ3) is 4.97. The summed E-state index contributed by atoms with van der Waals surface area (Å²) < 4.78 is 76.6. The monoisotopic (exact) mass is 551 g/mol. The van der Waals surface area contributed by atoms with E-state index in [1.807, 2.05) is 0 Å². The highest BCUT2D eigenvalue weighted by Gasteiger charge is 2.45. The van der Waals surface area contributed by atoms with Gasteiger partial charge in [0, 0.05) is 13.1 Å². The molecule has 2 bridgehead atoms. The summed E-state index contributed by atoms with van der Waals surface area (Å²) in [4.78, 5) is 27.6. The first-order chi connectivity index (χ1) is 16.7. The van der Waals surface area contributed by atoms with Gasteiger partial charge in [0.2, 0.25) is 20.9 Å². The van der Waals surface area contributed by atoms with Crippen molar-refractivity contribution in [2.75, 3.05) is 23.7 Å². The lowest BCUT2D eigenvalue weighted by Gasteiger charge is -2.42. The molecule has 2 unspecified atom stereocenters. The van der Waals surface area contributed by atoms with Gasteiger partial charge in [-0.05, 0) is 33.6 Å². The van der Waals surface area contributed by atoms with Crippen molar-refractivity contribution in [1.82, 2.24) is 19.9 Å². The number of alkyl halides is 2. The highest BCUT2D eigenvalue weighted by molar-refractivity contribution is 7.91. The van der Waals surface area contributed by atoms with E-state index in [1.165, 1.54) is 6.92 Å². The minimum Gasteiger partial charge on any atom is -0.444 e. The zero-order valence-corrected chi connectivity index (χ0v) is 21.5. The van der Waals surface area contributed by atoms with Gasteiger partial charge in [0.25, 0.3) is 0 Å². The fourth-order valence-corrected chi connectivity index (χ4v) is 5.31. The number of aromatic nitrogens is 3. The van der Waals surface area contributed by atoms with Crippen LogP contribution in [0.2, 0.25) is 5.15 Å². The molecule has 0 spiro atoms. The van der Waals surface area contributed by atoms with Crippen LogP contribution in [-0.4, -0.2) is 77.5 Å². The Morgan fingerprint density at radius 3 is 2.31 bits per heavy atom. The van der Waals surface area contributed by atoms with Gasteiger partial charge in [0.15, 0.2) is 11.0 Å². The van der Waals surface area contributed by atoms with Crippen molar-refractivity contribution >= 4 is 44.3 Å². The standard InChI is InChI=1S/C21H25ClF3N5O5S/c1-5-36(32,33)19-26-14-12(17(34-18(24)25)27-15(22)13(14)23)16(28-19)29-8-10-6-7-11(9-29)30(10)20(31)35-21(2,3)4/h10-11,18H,5-9H2,1-4H3. The van der Waals surface area contributed by atoms with Crippen molar-refractivity contribution in [1.29, 1.82) is 0 Å². The summed E-state index contributed by atoms with van der Waals surface area (Å²) in [6, 6.07) is -0.668. The highest BCUT2D eigenvalue weighted by Crippen LogP contribution is 2.40. The van der Waals surface area contributed by atoms with Crippen LogP contribution in [0, 0.1) is 5.82 Å². The van der Waals surface area contributed by atoms with E-state index >= 15 is 4.39 Å². The first kappa shape index (κ1) is 26.5. The van der Waals surface area contributed by atoms with Gasteiger partial charge in [-0.2, -0.15) is 13.8 Å². The van der Waals surface area contributed by atoms with Crippen LogP contribution in [0.1, 0.15) is 40.5 Å². The number of carbonyl (C=O) groups is 1. The van der Waals surface area contributed by atoms with Gasteiger partial charge in [-0.3, -0.25) is 4.90 Å². The summed E-state index contributed by atoms with van der Waals surface area (Å²) in [5.41, 5.74) is -1.31. The van der Waals surface area contributed by atoms with E-state index in [0.29, 0.717) is 12.8 Å². The molecule has 2 atom stereocenters. The van der Waals surface area contributed by atoms with Crippen LogP contribution in [0.5, 0.6) is 5.88 Å². The second-order valence-electron chi connectivity index (χ2n) is 9.53. The molecule has 36 heavy (non-hydrogen) atoms. The average molecular weight is 552 g/mol. The molecule has 15 heteroatoms. The number of pyridine rings is 1. The number of fused-ring (bicyclic) bond motifs is 3. The number of rotatable bonds is 5. The summed E-state index contributed by atoms with van der Waals surface area (Å²) in [5, 5.41) is -1.83. The maximum absolute atomic E-state index is 15.0. The molecule has 0 aromatic carbocycles. The Bertz CT molecular complexity index is 1290. The van der Waals surface area contributed by atoms with Gasteiger partial charge in [-0.25, -0.2) is 27.6 Å².